The van der Waals surface area contributed by atoms with Crippen LogP contribution in [0.25, 0.3) is 0 Å². The fourth-order valence-corrected chi connectivity index (χ4v) is 2.87. The molecule has 0 amide bonds. The van der Waals surface area contributed by atoms with Crippen molar-refractivity contribution in [2.75, 3.05) is 13.2 Å². The molecule has 1 rings (SSSR count). The second kappa shape index (κ2) is 6.54. The van der Waals surface area contributed by atoms with Gasteiger partial charge >= 0.3 is 0 Å². The molecule has 0 unspecified atom stereocenters. The SMILES string of the molecule is CCOc1cc(S(=O)(=O)NCC(C)C)ccc1Br. The molecule has 4 nitrogen and oxygen atoms in total. The molecule has 0 aliphatic rings. The lowest BCUT2D eigenvalue weighted by molar-refractivity contribution is 0.337. The van der Waals surface area contributed by atoms with E-state index < -0.39 is 10.0 Å². The molecule has 0 fully saturated rings. The zero-order valence-corrected chi connectivity index (χ0v) is 13.1. The van der Waals surface area contributed by atoms with Gasteiger partial charge in [0.05, 0.1) is 16.0 Å². The van der Waals surface area contributed by atoms with Crippen molar-refractivity contribution in [3.63, 3.8) is 0 Å². The maximum absolute atomic E-state index is 12.0. The van der Waals surface area contributed by atoms with Gasteiger partial charge in [0.1, 0.15) is 5.75 Å². The maximum atomic E-state index is 12.0. The molecule has 0 atom stereocenters. The Morgan fingerprint density at radius 1 is 1.39 bits per heavy atom. The first-order valence-electron chi connectivity index (χ1n) is 5.79. The summed E-state index contributed by atoms with van der Waals surface area (Å²) in [5.41, 5.74) is 0. The van der Waals surface area contributed by atoms with Gasteiger partial charge in [0.15, 0.2) is 0 Å². The van der Waals surface area contributed by atoms with Crippen molar-refractivity contribution in [1.82, 2.24) is 4.72 Å². The first kappa shape index (κ1) is 15.5. The van der Waals surface area contributed by atoms with E-state index in [-0.39, 0.29) is 10.8 Å². The second-order valence-corrected chi connectivity index (χ2v) is 6.89. The highest BCUT2D eigenvalue weighted by molar-refractivity contribution is 9.10. The van der Waals surface area contributed by atoms with E-state index in [0.29, 0.717) is 18.9 Å². The van der Waals surface area contributed by atoms with Gasteiger partial charge in [0.25, 0.3) is 0 Å². The van der Waals surface area contributed by atoms with Gasteiger partial charge in [0, 0.05) is 12.6 Å². The van der Waals surface area contributed by atoms with Crippen molar-refractivity contribution in [2.24, 2.45) is 5.92 Å². The van der Waals surface area contributed by atoms with Crippen LogP contribution in [0.2, 0.25) is 0 Å². The molecule has 1 aromatic rings. The number of nitrogens with one attached hydrogen (secondary N) is 1. The van der Waals surface area contributed by atoms with E-state index >= 15 is 0 Å². The summed E-state index contributed by atoms with van der Waals surface area (Å²) < 4.78 is 32.7. The Hall–Kier alpha value is -0.590. The highest BCUT2D eigenvalue weighted by Crippen LogP contribution is 2.27. The molecule has 0 spiro atoms. The van der Waals surface area contributed by atoms with Gasteiger partial charge < -0.3 is 4.74 Å². The van der Waals surface area contributed by atoms with E-state index in [2.05, 4.69) is 20.7 Å². The largest absolute Gasteiger partial charge is 0.493 e. The summed E-state index contributed by atoms with van der Waals surface area (Å²) in [5, 5.41) is 0. The van der Waals surface area contributed by atoms with E-state index in [9.17, 15) is 8.42 Å². The average molecular weight is 336 g/mol. The third kappa shape index (κ3) is 4.26. The van der Waals surface area contributed by atoms with E-state index in [1.54, 1.807) is 12.1 Å². The molecule has 102 valence electrons. The van der Waals surface area contributed by atoms with Crippen LogP contribution in [0.5, 0.6) is 5.75 Å². The lowest BCUT2D eigenvalue weighted by Gasteiger charge is -2.11. The van der Waals surface area contributed by atoms with Crippen LogP contribution in [0, 0.1) is 5.92 Å². The van der Waals surface area contributed by atoms with Crippen molar-refractivity contribution in [2.45, 2.75) is 25.7 Å². The van der Waals surface area contributed by atoms with Crippen molar-refractivity contribution in [3.05, 3.63) is 22.7 Å². The Morgan fingerprint density at radius 3 is 2.61 bits per heavy atom. The Balaban J connectivity index is 2.98. The van der Waals surface area contributed by atoms with Gasteiger partial charge in [-0.15, -0.1) is 0 Å². The minimum atomic E-state index is -3.46. The molecule has 6 heteroatoms. The van der Waals surface area contributed by atoms with Gasteiger partial charge in [-0.1, -0.05) is 13.8 Å². The van der Waals surface area contributed by atoms with Crippen LogP contribution in [-0.2, 0) is 10.0 Å². The summed E-state index contributed by atoms with van der Waals surface area (Å²) in [4.78, 5) is 0.217. The second-order valence-electron chi connectivity index (χ2n) is 4.27. The Morgan fingerprint density at radius 2 is 2.06 bits per heavy atom. The molecule has 0 aliphatic heterocycles. The summed E-state index contributed by atoms with van der Waals surface area (Å²) in [6.45, 7) is 6.67. The fraction of sp³-hybridized carbons (Fsp3) is 0.500. The molecule has 0 aliphatic carbocycles. The summed E-state index contributed by atoms with van der Waals surface area (Å²) in [6.07, 6.45) is 0. The molecular weight excluding hydrogens is 318 g/mol. The predicted octanol–water partition coefficient (Wildman–Crippen LogP) is 2.78. The van der Waals surface area contributed by atoms with Crippen LogP contribution in [0.15, 0.2) is 27.6 Å². The summed E-state index contributed by atoms with van der Waals surface area (Å²) in [6, 6.07) is 4.75. The first-order valence-corrected chi connectivity index (χ1v) is 8.06. The quantitative estimate of drug-likeness (QED) is 0.869. The Labute approximate surface area is 117 Å². The molecule has 1 N–H and O–H groups in total. The number of sulfonamides is 1. The van der Waals surface area contributed by atoms with E-state index in [1.165, 1.54) is 6.07 Å². The van der Waals surface area contributed by atoms with E-state index in [0.717, 1.165) is 4.47 Å². The van der Waals surface area contributed by atoms with Crippen molar-refractivity contribution >= 4 is 26.0 Å². The van der Waals surface area contributed by atoms with Gasteiger partial charge in [-0.3, -0.25) is 0 Å². The molecule has 0 aromatic heterocycles. The van der Waals surface area contributed by atoms with Crippen molar-refractivity contribution in [1.29, 1.82) is 0 Å². The third-order valence-corrected chi connectivity index (χ3v) is 4.27. The predicted molar refractivity (Wildman–Crippen MR) is 75.3 cm³/mol. The number of halogens is 1. The van der Waals surface area contributed by atoms with Crippen LogP contribution >= 0.6 is 15.9 Å². The van der Waals surface area contributed by atoms with Crippen LogP contribution in [-0.4, -0.2) is 21.6 Å². The lowest BCUT2D eigenvalue weighted by Crippen LogP contribution is -2.27. The molecule has 0 saturated carbocycles. The topological polar surface area (TPSA) is 55.4 Å². The summed E-state index contributed by atoms with van der Waals surface area (Å²) >= 11 is 3.32. The Bertz CT molecular complexity index is 500. The minimum Gasteiger partial charge on any atom is -0.493 e. The van der Waals surface area contributed by atoms with Crippen LogP contribution in [0.3, 0.4) is 0 Å². The molecule has 0 bridgehead atoms. The highest BCUT2D eigenvalue weighted by Gasteiger charge is 2.16. The van der Waals surface area contributed by atoms with Crippen LogP contribution in [0.1, 0.15) is 20.8 Å². The number of rotatable bonds is 6. The zero-order valence-electron chi connectivity index (χ0n) is 10.7. The monoisotopic (exact) mass is 335 g/mol. The standard InChI is InChI=1S/C12H18BrNO3S/c1-4-17-12-7-10(5-6-11(12)13)18(15,16)14-8-9(2)3/h5-7,9,14H,4,8H2,1-3H3. The smallest absolute Gasteiger partial charge is 0.240 e. The number of hydrogen-bond donors (Lipinski definition) is 1. The molecular formula is C12H18BrNO3S. The fourth-order valence-electron chi connectivity index (χ4n) is 1.28. The highest BCUT2D eigenvalue weighted by atomic mass is 79.9. The lowest BCUT2D eigenvalue weighted by atomic mass is 10.2. The Kier molecular flexibility index (Phi) is 5.62. The molecule has 0 radical (unpaired) electrons. The van der Waals surface area contributed by atoms with Crippen LogP contribution in [0.4, 0.5) is 0 Å². The first-order chi connectivity index (χ1) is 8.36. The van der Waals surface area contributed by atoms with Gasteiger partial charge in [0.2, 0.25) is 10.0 Å². The summed E-state index contributed by atoms with van der Waals surface area (Å²) in [7, 11) is -3.46. The normalized spacial score (nSPS) is 11.8. The number of hydrogen-bond acceptors (Lipinski definition) is 3. The molecule has 18 heavy (non-hydrogen) atoms. The van der Waals surface area contributed by atoms with Gasteiger partial charge in [-0.2, -0.15) is 0 Å². The molecule has 0 saturated heterocycles. The van der Waals surface area contributed by atoms with Gasteiger partial charge in [-0.25, -0.2) is 13.1 Å². The summed E-state index contributed by atoms with van der Waals surface area (Å²) in [5.74, 6) is 0.798. The third-order valence-electron chi connectivity index (χ3n) is 2.19. The number of ether oxygens (including phenoxy) is 1. The van der Waals surface area contributed by atoms with Crippen molar-refractivity contribution < 1.29 is 13.2 Å². The van der Waals surface area contributed by atoms with E-state index in [4.69, 9.17) is 4.74 Å². The molecule has 0 heterocycles. The zero-order chi connectivity index (χ0) is 13.8. The minimum absolute atomic E-state index is 0.217. The molecule has 1 aromatic carbocycles. The van der Waals surface area contributed by atoms with Gasteiger partial charge in [-0.05, 0) is 40.9 Å². The van der Waals surface area contributed by atoms with Crippen molar-refractivity contribution in [3.8, 4) is 5.75 Å². The van der Waals surface area contributed by atoms with Crippen LogP contribution < -0.4 is 9.46 Å². The average Bonchev–Trinajstić information content (AvgIpc) is 2.29. The number of benzene rings is 1. The maximum Gasteiger partial charge on any atom is 0.240 e. The van der Waals surface area contributed by atoms with E-state index in [1.807, 2.05) is 20.8 Å².